The lowest BCUT2D eigenvalue weighted by Crippen LogP contribution is -2.40. The van der Waals surface area contributed by atoms with Crippen LogP contribution in [-0.2, 0) is 4.74 Å². The summed E-state index contributed by atoms with van der Waals surface area (Å²) in [5, 5.41) is 10.2. The standard InChI is InChI=1S/C15H21NO3/c1-16-8-14(17)15(10-16)7-12(9-19-15)11-4-3-5-13(6-11)18-2/h3-6,12,14,17H,7-10H2,1-2H3/t12-,14+,15+/m0/s1. The van der Waals surface area contributed by atoms with E-state index in [1.807, 2.05) is 19.2 Å². The first kappa shape index (κ1) is 12.9. The molecular formula is C15H21NO3. The fourth-order valence-corrected chi connectivity index (χ4v) is 3.34. The molecule has 104 valence electrons. The summed E-state index contributed by atoms with van der Waals surface area (Å²) >= 11 is 0. The first-order chi connectivity index (χ1) is 9.13. The minimum atomic E-state index is -0.381. The van der Waals surface area contributed by atoms with Crippen molar-refractivity contribution in [1.29, 1.82) is 0 Å². The third kappa shape index (κ3) is 2.24. The molecule has 1 aromatic rings. The van der Waals surface area contributed by atoms with Crippen LogP contribution in [-0.4, -0.2) is 55.6 Å². The Kier molecular flexibility index (Phi) is 3.25. The van der Waals surface area contributed by atoms with Gasteiger partial charge in [0.25, 0.3) is 0 Å². The lowest BCUT2D eigenvalue weighted by Gasteiger charge is -2.25. The predicted octanol–water partition coefficient (Wildman–Crippen LogP) is 1.24. The molecule has 1 aromatic carbocycles. The largest absolute Gasteiger partial charge is 0.497 e. The number of nitrogens with zero attached hydrogens (tertiary/aromatic N) is 1. The van der Waals surface area contributed by atoms with Gasteiger partial charge in [0.2, 0.25) is 0 Å². The molecule has 0 aliphatic carbocycles. The van der Waals surface area contributed by atoms with E-state index in [0.717, 1.165) is 18.7 Å². The lowest BCUT2D eigenvalue weighted by atomic mass is 9.87. The van der Waals surface area contributed by atoms with Crippen molar-refractivity contribution < 1.29 is 14.6 Å². The summed E-state index contributed by atoms with van der Waals surface area (Å²) < 4.78 is 11.3. The maximum Gasteiger partial charge on any atom is 0.119 e. The van der Waals surface area contributed by atoms with Crippen molar-refractivity contribution in [3.63, 3.8) is 0 Å². The SMILES string of the molecule is COc1cccc([C@@H]2CO[C@]3(C2)CN(C)C[C@H]3O)c1. The summed E-state index contributed by atoms with van der Waals surface area (Å²) in [6.45, 7) is 2.19. The summed E-state index contributed by atoms with van der Waals surface area (Å²) in [5.41, 5.74) is 0.862. The van der Waals surface area contributed by atoms with Crippen molar-refractivity contribution in [3.05, 3.63) is 29.8 Å². The number of hydrogen-bond donors (Lipinski definition) is 1. The van der Waals surface area contributed by atoms with Gasteiger partial charge in [0.15, 0.2) is 0 Å². The number of β-amino-alcohol motifs (C(OH)–C–C–N with tert-alkyl or cyclic N) is 1. The van der Waals surface area contributed by atoms with E-state index in [1.165, 1.54) is 5.56 Å². The van der Waals surface area contributed by atoms with E-state index in [0.29, 0.717) is 19.1 Å². The van der Waals surface area contributed by atoms with Crippen LogP contribution >= 0.6 is 0 Å². The van der Waals surface area contributed by atoms with Gasteiger partial charge in [0, 0.05) is 19.0 Å². The van der Waals surface area contributed by atoms with Crippen molar-refractivity contribution in [3.8, 4) is 5.75 Å². The topological polar surface area (TPSA) is 41.9 Å². The van der Waals surface area contributed by atoms with Crippen LogP contribution in [0.2, 0.25) is 0 Å². The quantitative estimate of drug-likeness (QED) is 0.872. The average Bonchev–Trinajstić information content (AvgIpc) is 2.95. The molecule has 0 bridgehead atoms. The molecule has 1 spiro atoms. The van der Waals surface area contributed by atoms with E-state index in [-0.39, 0.29) is 11.7 Å². The first-order valence-electron chi connectivity index (χ1n) is 6.77. The van der Waals surface area contributed by atoms with Crippen LogP contribution in [0.15, 0.2) is 24.3 Å². The zero-order valence-corrected chi connectivity index (χ0v) is 11.5. The number of aliphatic hydroxyl groups is 1. The van der Waals surface area contributed by atoms with Gasteiger partial charge in [-0.15, -0.1) is 0 Å². The van der Waals surface area contributed by atoms with E-state index < -0.39 is 0 Å². The maximum absolute atomic E-state index is 10.2. The molecule has 0 radical (unpaired) electrons. The molecule has 4 heteroatoms. The van der Waals surface area contributed by atoms with Crippen LogP contribution in [0.4, 0.5) is 0 Å². The minimum Gasteiger partial charge on any atom is -0.497 e. The molecule has 2 saturated heterocycles. The van der Waals surface area contributed by atoms with Crippen LogP contribution in [0.1, 0.15) is 17.9 Å². The Morgan fingerprint density at radius 1 is 1.47 bits per heavy atom. The van der Waals surface area contributed by atoms with Crippen molar-refractivity contribution in [1.82, 2.24) is 4.90 Å². The van der Waals surface area contributed by atoms with E-state index in [4.69, 9.17) is 9.47 Å². The number of methoxy groups -OCH3 is 1. The monoisotopic (exact) mass is 263 g/mol. The van der Waals surface area contributed by atoms with Gasteiger partial charge in [-0.3, -0.25) is 0 Å². The van der Waals surface area contributed by atoms with Gasteiger partial charge < -0.3 is 19.5 Å². The van der Waals surface area contributed by atoms with Crippen LogP contribution < -0.4 is 4.74 Å². The third-order valence-corrected chi connectivity index (χ3v) is 4.36. The number of likely N-dealkylation sites (tertiary alicyclic amines) is 1. The highest BCUT2D eigenvalue weighted by Crippen LogP contribution is 2.42. The Labute approximate surface area is 113 Å². The molecule has 0 aromatic heterocycles. The molecule has 4 nitrogen and oxygen atoms in total. The summed E-state index contributed by atoms with van der Waals surface area (Å²) in [4.78, 5) is 2.14. The van der Waals surface area contributed by atoms with Crippen molar-refractivity contribution in [2.75, 3.05) is 33.9 Å². The molecule has 2 aliphatic heterocycles. The highest BCUT2D eigenvalue weighted by Gasteiger charge is 2.51. The third-order valence-electron chi connectivity index (χ3n) is 4.36. The van der Waals surface area contributed by atoms with E-state index in [1.54, 1.807) is 7.11 Å². The minimum absolute atomic E-state index is 0.344. The van der Waals surface area contributed by atoms with Crippen molar-refractivity contribution in [2.24, 2.45) is 0 Å². The molecule has 19 heavy (non-hydrogen) atoms. The molecule has 0 saturated carbocycles. The second kappa shape index (κ2) is 4.78. The zero-order valence-electron chi connectivity index (χ0n) is 11.5. The van der Waals surface area contributed by atoms with Gasteiger partial charge in [-0.1, -0.05) is 12.1 Å². The summed E-state index contributed by atoms with van der Waals surface area (Å²) in [6.07, 6.45) is 0.499. The van der Waals surface area contributed by atoms with Crippen LogP contribution in [0.5, 0.6) is 5.75 Å². The zero-order chi connectivity index (χ0) is 13.5. The second-order valence-electron chi connectivity index (χ2n) is 5.77. The van der Waals surface area contributed by atoms with Crippen LogP contribution in [0.3, 0.4) is 0 Å². The first-order valence-corrected chi connectivity index (χ1v) is 6.77. The molecule has 1 N–H and O–H groups in total. The second-order valence-corrected chi connectivity index (χ2v) is 5.77. The molecule has 0 amide bonds. The van der Waals surface area contributed by atoms with Gasteiger partial charge in [-0.25, -0.2) is 0 Å². The summed E-state index contributed by atoms with van der Waals surface area (Å²) in [6, 6.07) is 8.14. The Hall–Kier alpha value is -1.10. The number of rotatable bonds is 2. The molecule has 3 atom stereocenters. The Bertz CT molecular complexity index is 464. The van der Waals surface area contributed by atoms with Crippen LogP contribution in [0, 0.1) is 0 Å². The summed E-state index contributed by atoms with van der Waals surface area (Å²) in [5.74, 6) is 1.22. The molecule has 2 fully saturated rings. The highest BCUT2D eigenvalue weighted by molar-refractivity contribution is 5.32. The number of ether oxygens (including phenoxy) is 2. The Morgan fingerprint density at radius 2 is 2.32 bits per heavy atom. The fraction of sp³-hybridized carbons (Fsp3) is 0.600. The predicted molar refractivity (Wildman–Crippen MR) is 72.5 cm³/mol. The van der Waals surface area contributed by atoms with E-state index in [9.17, 15) is 5.11 Å². The van der Waals surface area contributed by atoms with Gasteiger partial charge in [-0.2, -0.15) is 0 Å². The number of benzene rings is 1. The lowest BCUT2D eigenvalue weighted by molar-refractivity contribution is -0.0591. The van der Waals surface area contributed by atoms with Crippen molar-refractivity contribution in [2.45, 2.75) is 24.0 Å². The average molecular weight is 263 g/mol. The number of hydrogen-bond acceptors (Lipinski definition) is 4. The van der Waals surface area contributed by atoms with Gasteiger partial charge in [0.05, 0.1) is 19.8 Å². The van der Waals surface area contributed by atoms with E-state index in [2.05, 4.69) is 17.0 Å². The number of likely N-dealkylation sites (N-methyl/N-ethyl adjacent to an activating group) is 1. The van der Waals surface area contributed by atoms with Gasteiger partial charge >= 0.3 is 0 Å². The van der Waals surface area contributed by atoms with Crippen LogP contribution in [0.25, 0.3) is 0 Å². The Balaban J connectivity index is 1.78. The molecule has 2 aliphatic rings. The molecule has 0 unspecified atom stereocenters. The number of aliphatic hydroxyl groups excluding tert-OH is 1. The molecule has 3 rings (SSSR count). The molecular weight excluding hydrogens is 242 g/mol. The molecule has 2 heterocycles. The smallest absolute Gasteiger partial charge is 0.119 e. The van der Waals surface area contributed by atoms with E-state index >= 15 is 0 Å². The van der Waals surface area contributed by atoms with Gasteiger partial charge in [-0.05, 0) is 31.2 Å². The normalized spacial score (nSPS) is 35.1. The highest BCUT2D eigenvalue weighted by atomic mass is 16.5. The van der Waals surface area contributed by atoms with Crippen molar-refractivity contribution >= 4 is 0 Å². The summed E-state index contributed by atoms with van der Waals surface area (Å²) in [7, 11) is 3.71. The van der Waals surface area contributed by atoms with Gasteiger partial charge in [0.1, 0.15) is 11.4 Å². The fourth-order valence-electron chi connectivity index (χ4n) is 3.34. The Morgan fingerprint density at radius 3 is 3.00 bits per heavy atom. The maximum atomic E-state index is 10.2.